The molecule has 0 spiro atoms. The lowest BCUT2D eigenvalue weighted by Gasteiger charge is -2.25. The van der Waals surface area contributed by atoms with E-state index in [4.69, 9.17) is 10.5 Å². The number of hydrogen-bond acceptors (Lipinski definition) is 4. The van der Waals surface area contributed by atoms with Gasteiger partial charge in [0, 0.05) is 24.3 Å². The molecule has 1 aliphatic carbocycles. The van der Waals surface area contributed by atoms with Crippen LogP contribution in [0, 0.1) is 11.8 Å². The molecule has 4 nitrogen and oxygen atoms in total. The highest BCUT2D eigenvalue weighted by atomic mass is 16.6. The number of aliphatic hydroxyl groups excluding tert-OH is 1. The molecule has 22 heavy (non-hydrogen) atoms. The highest BCUT2D eigenvalue weighted by Gasteiger charge is 2.51. The number of carbonyl (C=O) groups is 1. The highest BCUT2D eigenvalue weighted by molar-refractivity contribution is 5.72. The Morgan fingerprint density at radius 2 is 2.14 bits per heavy atom. The molecule has 5 atom stereocenters. The van der Waals surface area contributed by atoms with E-state index in [0.29, 0.717) is 12.8 Å². The quantitative estimate of drug-likeness (QED) is 0.411. The van der Waals surface area contributed by atoms with Gasteiger partial charge in [-0.2, -0.15) is 0 Å². The summed E-state index contributed by atoms with van der Waals surface area (Å²) in [5, 5.41) is 10.4. The van der Waals surface area contributed by atoms with E-state index in [0.717, 1.165) is 12.0 Å². The summed E-state index contributed by atoms with van der Waals surface area (Å²) in [5.41, 5.74) is 7.27. The Morgan fingerprint density at radius 1 is 1.41 bits per heavy atom. The zero-order valence-corrected chi connectivity index (χ0v) is 14.0. The molecule has 1 unspecified atom stereocenters. The maximum atomic E-state index is 11.5. The second kappa shape index (κ2) is 8.11. The molecule has 4 heteroatoms. The highest BCUT2D eigenvalue weighted by Crippen LogP contribution is 2.45. The largest absolute Gasteiger partial charge is 0.462 e. The smallest absolute Gasteiger partial charge is 0.306 e. The Bertz CT molecular complexity index is 405. The number of carbonyl (C=O) groups excluding carboxylic acids is 1. The average molecular weight is 309 g/mol. The summed E-state index contributed by atoms with van der Waals surface area (Å²) in [5.74, 6) is -0.0255. The summed E-state index contributed by atoms with van der Waals surface area (Å²) < 4.78 is 5.32. The first-order chi connectivity index (χ1) is 10.5. The van der Waals surface area contributed by atoms with Crippen molar-refractivity contribution in [3.8, 4) is 0 Å². The van der Waals surface area contributed by atoms with Gasteiger partial charge in [0.25, 0.3) is 0 Å². The van der Waals surface area contributed by atoms with Crippen LogP contribution in [0.4, 0.5) is 0 Å². The maximum absolute atomic E-state index is 11.5. The number of fused-ring (bicyclic) bond motifs is 1. The third-order valence-corrected chi connectivity index (χ3v) is 5.11. The van der Waals surface area contributed by atoms with E-state index in [1.165, 1.54) is 32.1 Å². The lowest BCUT2D eigenvalue weighted by molar-refractivity contribution is -0.141. The minimum Gasteiger partial charge on any atom is -0.462 e. The summed E-state index contributed by atoms with van der Waals surface area (Å²) in [6, 6.07) is -0.0789. The molecule has 0 aromatic rings. The summed E-state index contributed by atoms with van der Waals surface area (Å²) in [7, 11) is 0. The minimum atomic E-state index is -0.430. The van der Waals surface area contributed by atoms with Crippen molar-refractivity contribution in [3.05, 3.63) is 11.6 Å². The summed E-state index contributed by atoms with van der Waals surface area (Å²) in [4.78, 5) is 11.5. The number of esters is 1. The van der Waals surface area contributed by atoms with Gasteiger partial charge >= 0.3 is 5.97 Å². The van der Waals surface area contributed by atoms with Crippen molar-refractivity contribution in [1.29, 1.82) is 0 Å². The maximum Gasteiger partial charge on any atom is 0.306 e. The monoisotopic (exact) mass is 309 g/mol. The lowest BCUT2D eigenvalue weighted by atomic mass is 9.82. The predicted molar refractivity (Wildman–Crippen MR) is 87.2 cm³/mol. The third kappa shape index (κ3) is 4.11. The molecule has 0 aromatic heterocycles. The second-order valence-corrected chi connectivity index (χ2v) is 6.92. The lowest BCUT2D eigenvalue weighted by Crippen LogP contribution is -2.31. The van der Waals surface area contributed by atoms with Gasteiger partial charge in [0.2, 0.25) is 0 Å². The number of allylic oxidation sites excluding steroid dienone is 1. The molecule has 1 heterocycles. The van der Waals surface area contributed by atoms with Gasteiger partial charge < -0.3 is 15.6 Å². The predicted octanol–water partition coefficient (Wildman–Crippen LogP) is 2.93. The van der Waals surface area contributed by atoms with Crippen LogP contribution < -0.4 is 5.73 Å². The van der Waals surface area contributed by atoms with Crippen LogP contribution in [0.2, 0.25) is 0 Å². The molecule has 0 bridgehead atoms. The van der Waals surface area contributed by atoms with E-state index in [1.807, 2.05) is 6.92 Å². The first-order valence-electron chi connectivity index (χ1n) is 8.87. The Balaban J connectivity index is 1.96. The van der Waals surface area contributed by atoms with E-state index >= 15 is 0 Å². The molecular formula is C18H31NO3. The van der Waals surface area contributed by atoms with Gasteiger partial charge in [-0.3, -0.25) is 4.79 Å². The Morgan fingerprint density at radius 3 is 2.82 bits per heavy atom. The van der Waals surface area contributed by atoms with Crippen molar-refractivity contribution in [2.75, 3.05) is 0 Å². The number of nitrogens with two attached hydrogens (primary N) is 1. The van der Waals surface area contributed by atoms with Gasteiger partial charge in [-0.15, -0.1) is 0 Å². The summed E-state index contributed by atoms with van der Waals surface area (Å²) >= 11 is 0. The fourth-order valence-electron chi connectivity index (χ4n) is 3.99. The molecule has 3 N–H and O–H groups in total. The zero-order valence-electron chi connectivity index (χ0n) is 14.0. The Hall–Kier alpha value is -0.870. The van der Waals surface area contributed by atoms with Gasteiger partial charge in [-0.1, -0.05) is 44.3 Å². The average Bonchev–Trinajstić information content (AvgIpc) is 2.93. The molecule has 2 fully saturated rings. The van der Waals surface area contributed by atoms with Crippen molar-refractivity contribution >= 4 is 5.97 Å². The van der Waals surface area contributed by atoms with Crippen molar-refractivity contribution in [2.45, 2.75) is 83.5 Å². The third-order valence-electron chi connectivity index (χ3n) is 5.11. The van der Waals surface area contributed by atoms with Gasteiger partial charge in [-0.25, -0.2) is 0 Å². The van der Waals surface area contributed by atoms with Crippen molar-refractivity contribution in [1.82, 2.24) is 0 Å². The van der Waals surface area contributed by atoms with Crippen LogP contribution in [-0.2, 0) is 9.53 Å². The molecule has 1 saturated carbocycles. The number of rotatable bonds is 8. The van der Waals surface area contributed by atoms with E-state index in [9.17, 15) is 9.90 Å². The summed E-state index contributed by atoms with van der Waals surface area (Å²) in [6.45, 7) is 4.19. The number of aliphatic hydroxyl groups is 1. The number of unbranched alkanes of at least 4 members (excludes halogenated alkanes) is 5. The standard InChI is InChI=1S/C18H31NO3/c1-3-4-5-6-7-8-9-13(12(2)19)18-14-10-17(21)22-16(14)11-15(18)20/h9,12,14-16,18,20H,3-8,10-11,19H2,1-2H3/b13-9+/t12-,14-,15+,16-,18?/m0/s1. The number of hydrogen-bond donors (Lipinski definition) is 2. The minimum absolute atomic E-state index is 0.00732. The van der Waals surface area contributed by atoms with Crippen LogP contribution in [0.5, 0.6) is 0 Å². The molecule has 126 valence electrons. The Labute approximate surface area is 134 Å². The normalized spacial score (nSPS) is 32.9. The van der Waals surface area contributed by atoms with Crippen molar-refractivity contribution in [3.63, 3.8) is 0 Å². The fourth-order valence-corrected chi connectivity index (χ4v) is 3.99. The van der Waals surface area contributed by atoms with E-state index in [-0.39, 0.29) is 30.0 Å². The van der Waals surface area contributed by atoms with Crippen molar-refractivity contribution in [2.24, 2.45) is 17.6 Å². The molecular weight excluding hydrogens is 278 g/mol. The van der Waals surface area contributed by atoms with Gasteiger partial charge in [-0.05, 0) is 19.8 Å². The first kappa shape index (κ1) is 17.5. The number of ether oxygens (including phenoxy) is 1. The molecule has 1 saturated heterocycles. The zero-order chi connectivity index (χ0) is 16.1. The van der Waals surface area contributed by atoms with Gasteiger partial charge in [0.15, 0.2) is 0 Å². The fraction of sp³-hybridized carbons (Fsp3) is 0.833. The van der Waals surface area contributed by atoms with Crippen LogP contribution in [-0.4, -0.2) is 29.3 Å². The molecule has 1 aliphatic heterocycles. The molecule has 2 rings (SSSR count). The second-order valence-electron chi connectivity index (χ2n) is 6.92. The molecule has 0 radical (unpaired) electrons. The first-order valence-corrected chi connectivity index (χ1v) is 8.87. The van der Waals surface area contributed by atoms with Crippen LogP contribution >= 0.6 is 0 Å². The van der Waals surface area contributed by atoms with Crippen LogP contribution in [0.25, 0.3) is 0 Å². The van der Waals surface area contributed by atoms with Crippen LogP contribution in [0.3, 0.4) is 0 Å². The molecule has 2 aliphatic rings. The SMILES string of the molecule is CCCCCCC/C=C(/C1[C@H](O)C[C@@H]2OC(=O)C[C@H]12)[C@H](C)N. The molecule has 0 aromatic carbocycles. The van der Waals surface area contributed by atoms with E-state index in [1.54, 1.807) is 0 Å². The van der Waals surface area contributed by atoms with E-state index in [2.05, 4.69) is 13.0 Å². The topological polar surface area (TPSA) is 72.5 Å². The molecule has 0 amide bonds. The van der Waals surface area contributed by atoms with Gasteiger partial charge in [0.05, 0.1) is 12.5 Å². The van der Waals surface area contributed by atoms with Crippen LogP contribution in [0.15, 0.2) is 11.6 Å². The summed E-state index contributed by atoms with van der Waals surface area (Å²) in [6.07, 6.45) is 9.93. The van der Waals surface area contributed by atoms with Crippen molar-refractivity contribution < 1.29 is 14.6 Å². The Kier molecular flexibility index (Phi) is 6.45. The van der Waals surface area contributed by atoms with E-state index < -0.39 is 6.10 Å². The van der Waals surface area contributed by atoms with Gasteiger partial charge in [0.1, 0.15) is 6.10 Å². The van der Waals surface area contributed by atoms with Crippen LogP contribution in [0.1, 0.15) is 65.2 Å².